The van der Waals surface area contributed by atoms with E-state index in [0.717, 1.165) is 0 Å². The predicted octanol–water partition coefficient (Wildman–Crippen LogP) is 4.22. The molecule has 0 aliphatic rings. The largest absolute Gasteiger partial charge is 0.500 e. The average molecular weight is 479 g/mol. The molecule has 0 N–H and O–H groups in total. The fourth-order valence-corrected chi connectivity index (χ4v) is 7.08. The van der Waals surface area contributed by atoms with Crippen molar-refractivity contribution >= 4 is 23.4 Å². The Bertz CT molecular complexity index is 456. The van der Waals surface area contributed by atoms with Crippen molar-refractivity contribution in [1.29, 1.82) is 0 Å². The quantitative estimate of drug-likeness (QED) is 0.290. The lowest BCUT2D eigenvalue weighted by molar-refractivity contribution is -0.225. The molecule has 0 spiro atoms. The zero-order valence-corrected chi connectivity index (χ0v) is 21.1. The van der Waals surface area contributed by atoms with Gasteiger partial charge in [0.2, 0.25) is 0 Å². The summed E-state index contributed by atoms with van der Waals surface area (Å²) in [5, 5.41) is 0. The SMILES string of the molecule is CCCC(=O)C(CCC[Si](OC)(OC)OC)(CCC[Si](OC)(OC)OC)C(F)(F)F. The van der Waals surface area contributed by atoms with Gasteiger partial charge in [0.1, 0.15) is 11.2 Å². The van der Waals surface area contributed by atoms with Gasteiger partial charge in [0.25, 0.3) is 0 Å². The van der Waals surface area contributed by atoms with E-state index in [1.807, 2.05) is 0 Å². The van der Waals surface area contributed by atoms with E-state index in [2.05, 4.69) is 0 Å². The minimum absolute atomic E-state index is 0.0815. The van der Waals surface area contributed by atoms with Crippen LogP contribution in [0.2, 0.25) is 12.1 Å². The fraction of sp³-hybridized carbons (Fsp3) is 0.944. The molecule has 0 radical (unpaired) electrons. The van der Waals surface area contributed by atoms with Crippen LogP contribution in [0.25, 0.3) is 0 Å². The number of Topliss-reactive ketones (excluding diaryl/α,β-unsaturated/α-hetero) is 1. The minimum atomic E-state index is -4.69. The summed E-state index contributed by atoms with van der Waals surface area (Å²) in [5.74, 6) is -0.795. The molecule has 0 fully saturated rings. The lowest BCUT2D eigenvalue weighted by atomic mass is 9.73. The number of halogens is 3. The lowest BCUT2D eigenvalue weighted by Crippen LogP contribution is -2.48. The van der Waals surface area contributed by atoms with Crippen molar-refractivity contribution in [2.75, 3.05) is 42.7 Å². The van der Waals surface area contributed by atoms with Crippen LogP contribution in [0.5, 0.6) is 0 Å². The van der Waals surface area contributed by atoms with Gasteiger partial charge >= 0.3 is 23.8 Å². The van der Waals surface area contributed by atoms with Crippen LogP contribution in [0.4, 0.5) is 13.2 Å². The second kappa shape index (κ2) is 13.3. The molecule has 0 saturated heterocycles. The average Bonchev–Trinajstić information content (AvgIpc) is 2.73. The third-order valence-electron chi connectivity index (χ3n) is 5.59. The molecule has 0 bridgehead atoms. The molecule has 0 unspecified atom stereocenters. The fourth-order valence-electron chi connectivity index (χ4n) is 3.64. The van der Waals surface area contributed by atoms with Crippen LogP contribution in [0.3, 0.4) is 0 Å². The zero-order chi connectivity index (χ0) is 23.5. The number of rotatable bonds is 17. The van der Waals surface area contributed by atoms with Crippen molar-refractivity contribution in [2.24, 2.45) is 5.41 Å². The Balaban J connectivity index is 5.65. The number of ketones is 1. The van der Waals surface area contributed by atoms with Gasteiger partial charge in [-0.3, -0.25) is 4.79 Å². The second-order valence-corrected chi connectivity index (χ2v) is 13.2. The van der Waals surface area contributed by atoms with E-state index in [0.29, 0.717) is 6.42 Å². The first kappa shape index (κ1) is 29.7. The van der Waals surface area contributed by atoms with E-state index in [1.54, 1.807) is 6.92 Å². The highest BCUT2D eigenvalue weighted by Gasteiger charge is 2.58. The lowest BCUT2D eigenvalue weighted by Gasteiger charge is -2.36. The van der Waals surface area contributed by atoms with E-state index in [1.165, 1.54) is 42.7 Å². The van der Waals surface area contributed by atoms with Gasteiger partial charge in [-0.15, -0.1) is 0 Å². The molecule has 180 valence electrons. The summed E-state index contributed by atoms with van der Waals surface area (Å²) in [7, 11) is 2.35. The monoisotopic (exact) mass is 478 g/mol. The number of hydrogen-bond acceptors (Lipinski definition) is 7. The summed E-state index contributed by atoms with van der Waals surface area (Å²) < 4.78 is 74.7. The zero-order valence-electron chi connectivity index (χ0n) is 19.1. The molecule has 7 nitrogen and oxygen atoms in total. The Kier molecular flexibility index (Phi) is 13.1. The number of carbonyl (C=O) groups excluding carboxylic acids is 1. The Labute approximate surface area is 180 Å². The molecule has 0 atom stereocenters. The van der Waals surface area contributed by atoms with E-state index in [9.17, 15) is 18.0 Å². The predicted molar refractivity (Wildman–Crippen MR) is 110 cm³/mol. The topological polar surface area (TPSA) is 72.5 Å². The van der Waals surface area contributed by atoms with Crippen molar-refractivity contribution < 1.29 is 44.5 Å². The summed E-state index contributed by atoms with van der Waals surface area (Å²) in [5.41, 5.74) is -2.45. The maximum Gasteiger partial charge on any atom is 0.500 e. The normalized spacial score (nSPS) is 13.7. The minimum Gasteiger partial charge on any atom is -0.377 e. The molecule has 0 aliphatic carbocycles. The first-order valence-corrected chi connectivity index (χ1v) is 13.8. The van der Waals surface area contributed by atoms with Crippen LogP contribution in [0, 0.1) is 5.41 Å². The Morgan fingerprint density at radius 3 is 1.30 bits per heavy atom. The van der Waals surface area contributed by atoms with Crippen molar-refractivity contribution in [2.45, 2.75) is 63.7 Å². The Hall–Kier alpha value is -0.346. The van der Waals surface area contributed by atoms with Gasteiger partial charge in [-0.05, 0) is 32.1 Å². The molecule has 0 aromatic carbocycles. The molecular weight excluding hydrogens is 441 g/mol. The second-order valence-electron chi connectivity index (χ2n) is 7.05. The molecular formula is C18H37F3O7Si2. The first-order valence-electron chi connectivity index (χ1n) is 9.92. The highest BCUT2D eigenvalue weighted by atomic mass is 28.4. The van der Waals surface area contributed by atoms with Crippen molar-refractivity contribution in [3.8, 4) is 0 Å². The third kappa shape index (κ3) is 7.36. The van der Waals surface area contributed by atoms with Gasteiger partial charge in [-0.2, -0.15) is 13.2 Å². The number of alkyl halides is 3. The third-order valence-corrected chi connectivity index (χ3v) is 11.3. The van der Waals surface area contributed by atoms with Gasteiger partial charge < -0.3 is 26.6 Å². The molecule has 0 aromatic rings. The van der Waals surface area contributed by atoms with Gasteiger partial charge in [-0.25, -0.2) is 0 Å². The summed E-state index contributed by atoms with van der Waals surface area (Å²) in [6.07, 6.45) is -5.04. The van der Waals surface area contributed by atoms with E-state index in [4.69, 9.17) is 26.6 Å². The standard InChI is InChI=1S/C18H37F3O7Si2/c1-8-11-16(22)17(18(19,20)21,12-9-14-29(23-2,24-3)25-4)13-10-15-30(26-5,27-6)28-7/h8-15H2,1-7H3. The van der Waals surface area contributed by atoms with E-state index >= 15 is 0 Å². The smallest absolute Gasteiger partial charge is 0.377 e. The molecule has 0 amide bonds. The molecule has 0 rings (SSSR count). The maximum absolute atomic E-state index is 14.3. The maximum atomic E-state index is 14.3. The van der Waals surface area contributed by atoms with Gasteiger partial charge in [-0.1, -0.05) is 6.92 Å². The summed E-state index contributed by atoms with van der Waals surface area (Å²) in [6, 6.07) is 0.362. The Morgan fingerprint density at radius 1 is 0.733 bits per heavy atom. The van der Waals surface area contributed by atoms with Crippen LogP contribution >= 0.6 is 0 Å². The molecule has 30 heavy (non-hydrogen) atoms. The van der Waals surface area contributed by atoms with Crippen molar-refractivity contribution in [1.82, 2.24) is 0 Å². The summed E-state index contributed by atoms with van der Waals surface area (Å²) in [6.45, 7) is 1.69. The van der Waals surface area contributed by atoms with Crippen LogP contribution in [-0.2, 0) is 31.4 Å². The summed E-state index contributed by atoms with van der Waals surface area (Å²) in [4.78, 5) is 12.8. The highest BCUT2D eigenvalue weighted by Crippen LogP contribution is 2.48. The summed E-state index contributed by atoms with van der Waals surface area (Å²) >= 11 is 0. The molecule has 0 heterocycles. The molecule has 0 aliphatic heterocycles. The van der Waals surface area contributed by atoms with Gasteiger partial charge in [0.05, 0.1) is 0 Å². The highest BCUT2D eigenvalue weighted by molar-refractivity contribution is 6.60. The van der Waals surface area contributed by atoms with E-state index in [-0.39, 0.29) is 44.2 Å². The van der Waals surface area contributed by atoms with Crippen LogP contribution in [0.15, 0.2) is 0 Å². The molecule has 0 aromatic heterocycles. The van der Waals surface area contributed by atoms with Crippen LogP contribution in [-0.4, -0.2) is 72.2 Å². The Morgan fingerprint density at radius 2 is 1.07 bits per heavy atom. The van der Waals surface area contributed by atoms with Crippen LogP contribution < -0.4 is 0 Å². The molecule has 0 saturated carbocycles. The first-order chi connectivity index (χ1) is 14.0. The number of carbonyl (C=O) groups is 1. The van der Waals surface area contributed by atoms with Crippen molar-refractivity contribution in [3.63, 3.8) is 0 Å². The van der Waals surface area contributed by atoms with Crippen molar-refractivity contribution in [3.05, 3.63) is 0 Å². The van der Waals surface area contributed by atoms with E-state index < -0.39 is 35.0 Å². The van der Waals surface area contributed by atoms with Crippen LogP contribution in [0.1, 0.15) is 45.4 Å². The van der Waals surface area contributed by atoms with Gasteiger partial charge in [0.15, 0.2) is 0 Å². The number of hydrogen-bond donors (Lipinski definition) is 0. The molecule has 12 heteroatoms. The van der Waals surface area contributed by atoms with Gasteiger partial charge in [0, 0.05) is 61.2 Å².